The van der Waals surface area contributed by atoms with Crippen LogP contribution in [-0.4, -0.2) is 17.5 Å². The number of halogens is 2. The van der Waals surface area contributed by atoms with Gasteiger partial charge >= 0.3 is 0 Å². The summed E-state index contributed by atoms with van der Waals surface area (Å²) < 4.78 is 34.3. The molecule has 3 aromatic carbocycles. The van der Waals surface area contributed by atoms with Crippen molar-refractivity contribution in [2.24, 2.45) is 0 Å². The zero-order valence-corrected chi connectivity index (χ0v) is 18.4. The molecule has 0 spiro atoms. The summed E-state index contributed by atoms with van der Waals surface area (Å²) in [6.45, 7) is 0.103. The van der Waals surface area contributed by atoms with Crippen LogP contribution in [0.2, 0.25) is 0 Å². The molecule has 0 saturated carbocycles. The van der Waals surface area contributed by atoms with Crippen LogP contribution in [-0.2, 0) is 6.54 Å². The maximum Gasteiger partial charge on any atom is 0.269 e. The van der Waals surface area contributed by atoms with Gasteiger partial charge in [0.1, 0.15) is 22.0 Å². The number of carbonyl (C=O) groups is 1. The molecule has 0 amide bonds. The second-order valence-corrected chi connectivity index (χ2v) is 8.32. The zero-order valence-electron chi connectivity index (χ0n) is 17.6. The molecular formula is C26H19F2NO3S. The summed E-state index contributed by atoms with van der Waals surface area (Å²) in [5, 5.41) is 0. The van der Waals surface area contributed by atoms with Crippen molar-refractivity contribution in [1.82, 2.24) is 4.57 Å². The largest absolute Gasteiger partial charge is 0.497 e. The Kier molecular flexibility index (Phi) is 6.60. The molecule has 0 unspecified atom stereocenters. The molecule has 4 rings (SSSR count). The number of hydrogen-bond acceptors (Lipinski definition) is 4. The minimum Gasteiger partial charge on any atom is -0.497 e. The Balaban J connectivity index is 1.82. The van der Waals surface area contributed by atoms with Crippen molar-refractivity contribution in [1.29, 1.82) is 0 Å². The van der Waals surface area contributed by atoms with E-state index in [2.05, 4.69) is 0 Å². The number of nitrogens with zero attached hydrogens (tertiary/aromatic N) is 1. The first-order valence-corrected chi connectivity index (χ1v) is 10.9. The summed E-state index contributed by atoms with van der Waals surface area (Å²) in [7, 11) is 1.54. The number of ketones is 1. The van der Waals surface area contributed by atoms with E-state index in [-0.39, 0.29) is 23.7 Å². The predicted octanol–water partition coefficient (Wildman–Crippen LogP) is 3.74. The predicted molar refractivity (Wildman–Crippen MR) is 125 cm³/mol. The summed E-state index contributed by atoms with van der Waals surface area (Å²) in [5.41, 5.74) is 1.37. The fraction of sp³-hybridized carbons (Fsp3) is 0.0769. The van der Waals surface area contributed by atoms with Gasteiger partial charge in [0, 0.05) is 11.6 Å². The van der Waals surface area contributed by atoms with Gasteiger partial charge < -0.3 is 4.74 Å². The number of aromatic nitrogens is 1. The third-order valence-electron chi connectivity index (χ3n) is 4.96. The van der Waals surface area contributed by atoms with Crippen LogP contribution in [0.15, 0.2) is 77.6 Å². The van der Waals surface area contributed by atoms with Gasteiger partial charge in [-0.3, -0.25) is 14.2 Å². The Morgan fingerprint density at radius 2 is 1.73 bits per heavy atom. The third-order valence-corrected chi connectivity index (χ3v) is 6.02. The normalized spacial score (nSPS) is 12.2. The molecule has 0 fully saturated rings. The van der Waals surface area contributed by atoms with Crippen LogP contribution in [0.4, 0.5) is 8.78 Å². The number of rotatable bonds is 6. The fourth-order valence-corrected chi connectivity index (χ4v) is 4.31. The van der Waals surface area contributed by atoms with Crippen LogP contribution >= 0.6 is 11.3 Å². The standard InChI is InChI=1S/C26H19F2NO3S/c1-32-22-11-7-19(8-12-22)23(30)15-25-29(16-18-3-2-4-21(28)13-18)26(31)24(33-25)14-17-5-9-20(27)10-6-17/h2-15H,16H2,1H3. The molecule has 0 N–H and O–H groups in total. The van der Waals surface area contributed by atoms with Crippen LogP contribution < -0.4 is 19.5 Å². The van der Waals surface area contributed by atoms with Gasteiger partial charge in [-0.2, -0.15) is 0 Å². The molecule has 33 heavy (non-hydrogen) atoms. The highest BCUT2D eigenvalue weighted by molar-refractivity contribution is 7.07. The number of hydrogen-bond donors (Lipinski definition) is 0. The Labute approximate surface area is 192 Å². The number of Topliss-reactive ketones (excluding diaryl/α,β-unsaturated/α-hetero) is 1. The van der Waals surface area contributed by atoms with Crippen molar-refractivity contribution >= 4 is 29.3 Å². The highest BCUT2D eigenvalue weighted by atomic mass is 32.1. The van der Waals surface area contributed by atoms with Crippen molar-refractivity contribution < 1.29 is 18.3 Å². The SMILES string of the molecule is COc1ccc(C(=O)C=c2sc(=Cc3ccc(F)cc3)c(=O)n2Cc2cccc(F)c2)cc1. The fourth-order valence-electron chi connectivity index (χ4n) is 3.27. The Hall–Kier alpha value is -3.84. The van der Waals surface area contributed by atoms with E-state index in [1.807, 2.05) is 0 Å². The maximum atomic E-state index is 13.7. The molecule has 1 aromatic heterocycles. The first kappa shape index (κ1) is 22.4. The van der Waals surface area contributed by atoms with Gasteiger partial charge in [0.05, 0.1) is 18.2 Å². The third kappa shape index (κ3) is 5.32. The molecule has 1 heterocycles. The minimum absolute atomic E-state index is 0.103. The highest BCUT2D eigenvalue weighted by Crippen LogP contribution is 2.12. The molecule has 4 aromatic rings. The molecule has 0 aliphatic heterocycles. The number of methoxy groups -OCH3 is 1. The van der Waals surface area contributed by atoms with Gasteiger partial charge in [0.2, 0.25) is 0 Å². The average molecular weight is 464 g/mol. The molecule has 4 nitrogen and oxygen atoms in total. The average Bonchev–Trinajstić information content (AvgIpc) is 3.09. The number of thiazole rings is 1. The lowest BCUT2D eigenvalue weighted by Crippen LogP contribution is -2.32. The summed E-state index contributed by atoms with van der Waals surface area (Å²) in [6, 6.07) is 18.4. The summed E-state index contributed by atoms with van der Waals surface area (Å²) in [4.78, 5) is 26.1. The van der Waals surface area contributed by atoms with Crippen molar-refractivity contribution in [2.75, 3.05) is 7.11 Å². The molecule has 0 bridgehead atoms. The molecule has 0 aliphatic carbocycles. The lowest BCUT2D eigenvalue weighted by Gasteiger charge is -2.03. The van der Waals surface area contributed by atoms with Gasteiger partial charge in [-0.05, 0) is 65.7 Å². The van der Waals surface area contributed by atoms with Crippen molar-refractivity contribution in [3.63, 3.8) is 0 Å². The van der Waals surface area contributed by atoms with Crippen LogP contribution in [0, 0.1) is 11.6 Å². The first-order valence-electron chi connectivity index (χ1n) is 10.0. The van der Waals surface area contributed by atoms with Crippen LogP contribution in [0.25, 0.3) is 12.2 Å². The Morgan fingerprint density at radius 1 is 1.00 bits per heavy atom. The van der Waals surface area contributed by atoms with E-state index in [1.165, 1.54) is 34.9 Å². The van der Waals surface area contributed by atoms with Gasteiger partial charge in [-0.15, -0.1) is 11.3 Å². The number of ether oxygens (including phenoxy) is 1. The number of benzene rings is 3. The highest BCUT2D eigenvalue weighted by Gasteiger charge is 2.10. The van der Waals surface area contributed by atoms with E-state index in [1.54, 1.807) is 61.7 Å². The molecular weight excluding hydrogens is 444 g/mol. The molecule has 0 saturated heterocycles. The quantitative estimate of drug-likeness (QED) is 0.410. The lowest BCUT2D eigenvalue weighted by molar-refractivity contribution is 0.106. The zero-order chi connectivity index (χ0) is 23.4. The second kappa shape index (κ2) is 9.75. The molecule has 0 atom stereocenters. The summed E-state index contributed by atoms with van der Waals surface area (Å²) in [5.74, 6) is -0.434. The van der Waals surface area contributed by atoms with Crippen LogP contribution in [0.1, 0.15) is 21.5 Å². The topological polar surface area (TPSA) is 48.3 Å². The van der Waals surface area contributed by atoms with Gasteiger partial charge in [-0.25, -0.2) is 8.78 Å². The van der Waals surface area contributed by atoms with Crippen LogP contribution in [0.3, 0.4) is 0 Å². The Bertz CT molecular complexity index is 1470. The molecule has 0 aliphatic rings. The van der Waals surface area contributed by atoms with Crippen LogP contribution in [0.5, 0.6) is 5.75 Å². The van der Waals surface area contributed by atoms with Crippen molar-refractivity contribution in [2.45, 2.75) is 6.54 Å². The van der Waals surface area contributed by atoms with E-state index in [0.29, 0.717) is 31.6 Å². The van der Waals surface area contributed by atoms with E-state index in [9.17, 15) is 18.4 Å². The van der Waals surface area contributed by atoms with E-state index < -0.39 is 5.82 Å². The lowest BCUT2D eigenvalue weighted by atomic mass is 10.1. The molecule has 7 heteroatoms. The monoisotopic (exact) mass is 463 g/mol. The summed E-state index contributed by atoms with van der Waals surface area (Å²) >= 11 is 1.15. The van der Waals surface area contributed by atoms with Crippen molar-refractivity contribution in [3.8, 4) is 5.75 Å². The number of carbonyl (C=O) groups excluding carboxylic acids is 1. The first-order chi connectivity index (χ1) is 15.9. The smallest absolute Gasteiger partial charge is 0.269 e. The Morgan fingerprint density at radius 3 is 2.39 bits per heavy atom. The minimum atomic E-state index is -0.409. The van der Waals surface area contributed by atoms with Gasteiger partial charge in [-0.1, -0.05) is 24.3 Å². The van der Waals surface area contributed by atoms with E-state index in [4.69, 9.17) is 4.74 Å². The molecule has 166 valence electrons. The van der Waals surface area contributed by atoms with E-state index in [0.717, 1.165) is 11.3 Å². The van der Waals surface area contributed by atoms with E-state index >= 15 is 0 Å². The second-order valence-electron chi connectivity index (χ2n) is 7.26. The molecule has 0 radical (unpaired) electrons. The van der Waals surface area contributed by atoms with Crippen molar-refractivity contribution in [3.05, 3.63) is 121 Å². The summed E-state index contributed by atoms with van der Waals surface area (Å²) in [6.07, 6.45) is 3.04. The van der Waals surface area contributed by atoms with Gasteiger partial charge in [0.25, 0.3) is 5.56 Å². The van der Waals surface area contributed by atoms with Gasteiger partial charge in [0.15, 0.2) is 5.78 Å². The maximum absolute atomic E-state index is 13.7.